The van der Waals surface area contributed by atoms with E-state index in [0.717, 1.165) is 83.5 Å². The van der Waals surface area contributed by atoms with Crippen molar-refractivity contribution in [1.29, 1.82) is 0 Å². The monoisotopic (exact) mass is 1210 g/mol. The lowest BCUT2D eigenvalue weighted by Crippen LogP contribution is -2.47. The Morgan fingerprint density at radius 2 is 0.904 bits per heavy atom. The third kappa shape index (κ3) is 16.3. The maximum Gasteiger partial charge on any atom is 0.393 e. The van der Waals surface area contributed by atoms with Gasteiger partial charge in [-0.05, 0) is 61.8 Å². The minimum atomic E-state index is -4.27. The second kappa shape index (κ2) is 28.2. The summed E-state index contributed by atoms with van der Waals surface area (Å²) >= 11 is 2.08. The zero-order valence-electron chi connectivity index (χ0n) is 46.1. The second-order valence-corrected chi connectivity index (χ2v) is 22.0. The van der Waals surface area contributed by atoms with Crippen LogP contribution in [0.1, 0.15) is 59.4 Å². The Morgan fingerprint density at radius 1 is 0.506 bits per heavy atom. The van der Waals surface area contributed by atoms with Gasteiger partial charge in [-0.1, -0.05) is 48.5 Å². The number of benzene rings is 2. The van der Waals surface area contributed by atoms with Gasteiger partial charge in [-0.25, -0.2) is 19.9 Å². The van der Waals surface area contributed by atoms with Crippen LogP contribution < -0.4 is 40.2 Å². The van der Waals surface area contributed by atoms with Gasteiger partial charge in [0.25, 0.3) is 11.8 Å². The molecule has 0 bridgehead atoms. The molecule has 2 aromatic carbocycles. The largest absolute Gasteiger partial charge is 0.491 e. The molecule has 2 fully saturated rings. The van der Waals surface area contributed by atoms with Crippen molar-refractivity contribution in [3.8, 4) is 45.8 Å². The van der Waals surface area contributed by atoms with E-state index in [0.29, 0.717) is 79.8 Å². The van der Waals surface area contributed by atoms with E-state index < -0.39 is 25.2 Å². The van der Waals surface area contributed by atoms with Gasteiger partial charge in [0.1, 0.15) is 34.0 Å². The van der Waals surface area contributed by atoms with Gasteiger partial charge in [0, 0.05) is 72.4 Å². The lowest BCUT2D eigenvalue weighted by molar-refractivity contribution is -0.127. The highest BCUT2D eigenvalue weighted by molar-refractivity contribution is 7.19. The predicted octanol–water partition coefficient (Wildman–Crippen LogP) is 11.2. The molecule has 6 aromatic heterocycles. The molecule has 0 unspecified atom stereocenters. The molecule has 2 saturated carbocycles. The number of halogens is 7. The number of alkyl halides is 6. The molecular weight excluding hydrogens is 1150 g/mol. The van der Waals surface area contributed by atoms with Gasteiger partial charge in [0.2, 0.25) is 0 Å². The summed E-state index contributed by atoms with van der Waals surface area (Å²) in [5.74, 6) is 2.75. The Kier molecular flexibility index (Phi) is 21.1. The molecule has 6 atom stereocenters. The predicted molar refractivity (Wildman–Crippen MR) is 308 cm³/mol. The third-order valence-corrected chi connectivity index (χ3v) is 16.4. The van der Waals surface area contributed by atoms with Gasteiger partial charge < -0.3 is 49.7 Å². The molecule has 0 amide bonds. The van der Waals surface area contributed by atoms with Gasteiger partial charge in [0.15, 0.2) is 11.5 Å². The van der Waals surface area contributed by atoms with E-state index in [1.807, 2.05) is 48.5 Å². The van der Waals surface area contributed by atoms with E-state index >= 15 is 0 Å². The van der Waals surface area contributed by atoms with Crippen molar-refractivity contribution in [3.63, 3.8) is 0 Å². The second-order valence-electron chi connectivity index (χ2n) is 19.7. The first kappa shape index (κ1) is 62.2. The molecule has 6 heterocycles. The Bertz CT molecular complexity index is 3160. The summed E-state index contributed by atoms with van der Waals surface area (Å²) in [4.78, 5) is 18.6. The quantitative estimate of drug-likeness (QED) is 0.0524. The number of nitrogens with zero attached hydrogens (tertiary/aromatic N) is 8. The zero-order chi connectivity index (χ0) is 58.0. The highest BCUT2D eigenvalue weighted by Crippen LogP contribution is 2.37. The Labute approximate surface area is 489 Å². The normalized spacial score (nSPS) is 19.1. The topological polar surface area (TPSA) is 207 Å². The van der Waals surface area contributed by atoms with Crippen LogP contribution >= 0.6 is 35.1 Å². The SMILES string of the molecule is COc1cc(-c2ccc(CN[C@H]3CC[C@H](OC)[C@@H](Nc4ncnc5sc(CC(F)(F)F)cc45)C3)cc2)nnc1OC.COc1cc(-c2ccc(CN[C@H]3CC[C@H](OC)[C@@H](Nc4ncnc5sc(CC(F)(F)F)cc45)C3)cc2)nnc1OC.Cl. The van der Waals surface area contributed by atoms with E-state index in [4.69, 9.17) is 28.4 Å². The summed E-state index contributed by atoms with van der Waals surface area (Å²) in [5, 5.41) is 32.0. The molecule has 2 aliphatic carbocycles. The summed E-state index contributed by atoms with van der Waals surface area (Å²) in [5.41, 5.74) is 5.43. The number of ether oxygens (including phenoxy) is 6. The highest BCUT2D eigenvalue weighted by atomic mass is 35.5. The van der Waals surface area contributed by atoms with Gasteiger partial charge >= 0.3 is 12.4 Å². The van der Waals surface area contributed by atoms with Crippen LogP contribution in [0.25, 0.3) is 42.9 Å². The van der Waals surface area contributed by atoms with Crippen LogP contribution in [0.3, 0.4) is 0 Å². The third-order valence-electron chi connectivity index (χ3n) is 14.3. The minimum absolute atomic E-state index is 0. The average molecular weight is 1210 g/mol. The Hall–Kier alpha value is -6.81. The number of anilines is 2. The lowest BCUT2D eigenvalue weighted by Gasteiger charge is -2.36. The van der Waals surface area contributed by atoms with Crippen molar-refractivity contribution < 1.29 is 54.8 Å². The van der Waals surface area contributed by atoms with E-state index in [1.54, 1.807) is 40.6 Å². The molecule has 8 aromatic rings. The molecule has 2 aliphatic rings. The van der Waals surface area contributed by atoms with E-state index in [1.165, 1.54) is 39.0 Å². The van der Waals surface area contributed by atoms with Crippen molar-refractivity contribution in [1.82, 2.24) is 51.0 Å². The number of fused-ring (bicyclic) bond motifs is 2. The molecular formula is C56H63ClF6N12O6S2. The lowest BCUT2D eigenvalue weighted by atomic mass is 9.88. The first-order valence-corrected chi connectivity index (χ1v) is 27.9. The van der Waals surface area contributed by atoms with Crippen molar-refractivity contribution in [2.45, 2.75) is 113 Å². The fourth-order valence-electron chi connectivity index (χ4n) is 10.2. The molecule has 0 aliphatic heterocycles. The maximum absolute atomic E-state index is 12.9. The molecule has 4 N–H and O–H groups in total. The van der Waals surface area contributed by atoms with E-state index in [9.17, 15) is 26.3 Å². The number of nitrogens with one attached hydrogen (secondary N) is 4. The molecule has 18 nitrogen and oxygen atoms in total. The number of hydrogen-bond donors (Lipinski definition) is 4. The summed E-state index contributed by atoms with van der Waals surface area (Å²) in [7, 11) is 9.51. The van der Waals surface area contributed by atoms with Crippen LogP contribution in [-0.2, 0) is 35.4 Å². The van der Waals surface area contributed by atoms with Crippen LogP contribution in [0.4, 0.5) is 38.0 Å². The molecule has 27 heteroatoms. The molecule has 10 rings (SSSR count). The number of methoxy groups -OCH3 is 6. The molecule has 0 radical (unpaired) electrons. The van der Waals surface area contributed by atoms with E-state index in [2.05, 4.69) is 61.6 Å². The fraction of sp³-hybridized carbons (Fsp3) is 0.429. The number of aromatic nitrogens is 8. The summed E-state index contributed by atoms with van der Waals surface area (Å²) in [6.45, 7) is 1.35. The first-order valence-electron chi connectivity index (χ1n) is 26.3. The number of rotatable bonds is 20. The van der Waals surface area contributed by atoms with Crippen molar-refractivity contribution in [2.75, 3.05) is 53.3 Å². The van der Waals surface area contributed by atoms with Crippen LogP contribution in [0.5, 0.6) is 23.3 Å². The summed E-state index contributed by atoms with van der Waals surface area (Å²) in [6, 6.07) is 23.1. The maximum atomic E-state index is 12.9. The molecule has 0 saturated heterocycles. The van der Waals surface area contributed by atoms with Crippen LogP contribution in [0, 0.1) is 0 Å². The molecule has 83 heavy (non-hydrogen) atoms. The number of thiophene rings is 2. The smallest absolute Gasteiger partial charge is 0.393 e. The van der Waals surface area contributed by atoms with Crippen LogP contribution in [0.15, 0.2) is 85.5 Å². The van der Waals surface area contributed by atoms with Crippen LogP contribution in [0.2, 0.25) is 0 Å². The summed E-state index contributed by atoms with van der Waals surface area (Å²) < 4.78 is 110. The minimum Gasteiger partial charge on any atom is -0.491 e. The Morgan fingerprint density at radius 3 is 1.25 bits per heavy atom. The van der Waals surface area contributed by atoms with Crippen LogP contribution in [-0.4, -0.2) is 132 Å². The number of hydrogen-bond acceptors (Lipinski definition) is 20. The van der Waals surface area contributed by atoms with Crippen molar-refractivity contribution >= 4 is 67.1 Å². The average Bonchev–Trinajstić information content (AvgIpc) is 4.21. The zero-order valence-corrected chi connectivity index (χ0v) is 48.6. The van der Waals surface area contributed by atoms with Crippen molar-refractivity contribution in [2.24, 2.45) is 0 Å². The highest BCUT2D eigenvalue weighted by Gasteiger charge is 2.34. The van der Waals surface area contributed by atoms with Gasteiger partial charge in [-0.3, -0.25) is 0 Å². The van der Waals surface area contributed by atoms with Gasteiger partial charge in [-0.2, -0.15) is 26.3 Å². The standard InChI is InChI=1S/2C28H31F3N6O3S.ClH/c2*1-38-23-9-8-18(10-22(23)35-25-20-11-19(13-28(29,30)31)41-27(20)34-15-33-25)32-14-16-4-6-17(7-5-16)21-12-24(39-2)26(40-3)37-36-21;/h2*4-7,11-12,15,18,22-23,32H,8-10,13-14H2,1-3H3,(H,33,34,35);1H/t2*18-,22-,23-;/m00./s1. The molecule has 0 spiro atoms. The summed E-state index contributed by atoms with van der Waals surface area (Å²) in [6.07, 6.45) is -2.77. The van der Waals surface area contributed by atoms with Gasteiger partial charge in [-0.15, -0.1) is 55.5 Å². The Balaban J connectivity index is 0.000000214. The van der Waals surface area contributed by atoms with Gasteiger partial charge in [0.05, 0.1) is 87.7 Å². The van der Waals surface area contributed by atoms with E-state index in [-0.39, 0.29) is 58.5 Å². The van der Waals surface area contributed by atoms with Crippen molar-refractivity contribution in [3.05, 3.63) is 106 Å². The molecule has 444 valence electrons. The fourth-order valence-corrected chi connectivity index (χ4v) is 12.2. The first-order chi connectivity index (χ1) is 39.5.